The van der Waals surface area contributed by atoms with Gasteiger partial charge in [-0.2, -0.15) is 0 Å². The van der Waals surface area contributed by atoms with Gasteiger partial charge in [0.2, 0.25) is 11.8 Å². The van der Waals surface area contributed by atoms with Gasteiger partial charge in [0.25, 0.3) is 5.91 Å². The zero-order valence-corrected chi connectivity index (χ0v) is 35.1. The molecule has 1 N–H and O–H groups in total. The van der Waals surface area contributed by atoms with Gasteiger partial charge in [-0.25, -0.2) is 0 Å². The lowest BCUT2D eigenvalue weighted by Crippen LogP contribution is -2.52. The third-order valence-electron chi connectivity index (χ3n) is 13.6. The molecule has 1 saturated heterocycles. The van der Waals surface area contributed by atoms with Gasteiger partial charge < -0.3 is 24.4 Å². The predicted molar refractivity (Wildman–Crippen MR) is 232 cm³/mol. The molecule has 0 bridgehead atoms. The SMILES string of the molecule is COc1ccc([Si](C)(C)[C@H]2[C@H](CC(=O)N3Cc4ccccc4C[C@H]3CO)O[C@@]3(C(=O)N(Cc4ccc(N5C(=O)CCc6ccccc65)cc4)c4ccccc43)[C@@H]2C)cc1. The zero-order chi connectivity index (χ0) is 41.1. The Balaban J connectivity index is 1.05. The lowest BCUT2D eigenvalue weighted by Gasteiger charge is -2.39. The van der Waals surface area contributed by atoms with Crippen molar-refractivity contribution in [2.24, 2.45) is 5.92 Å². The number of amides is 3. The Morgan fingerprint density at radius 3 is 2.20 bits per heavy atom. The number of aryl methyl sites for hydroxylation is 1. The Labute approximate surface area is 347 Å². The summed E-state index contributed by atoms with van der Waals surface area (Å²) >= 11 is 0. The van der Waals surface area contributed by atoms with Gasteiger partial charge in [-0.3, -0.25) is 19.3 Å². The number of ether oxygens (including phenoxy) is 2. The quantitative estimate of drug-likeness (QED) is 0.156. The minimum absolute atomic E-state index is 0.0649. The first-order valence-electron chi connectivity index (χ1n) is 20.8. The van der Waals surface area contributed by atoms with Crippen LogP contribution in [0.2, 0.25) is 18.6 Å². The fourth-order valence-corrected chi connectivity index (χ4v) is 14.6. The van der Waals surface area contributed by atoms with E-state index < -0.39 is 19.8 Å². The van der Waals surface area contributed by atoms with E-state index in [4.69, 9.17) is 9.47 Å². The smallest absolute Gasteiger partial charge is 0.264 e. The first-order chi connectivity index (χ1) is 28.5. The van der Waals surface area contributed by atoms with Crippen molar-refractivity contribution >= 4 is 48.0 Å². The molecule has 1 fully saturated rings. The van der Waals surface area contributed by atoms with Gasteiger partial charge >= 0.3 is 0 Å². The molecule has 0 saturated carbocycles. The molecule has 1 spiro atoms. The number of hydrogen-bond acceptors (Lipinski definition) is 6. The molecule has 0 aromatic heterocycles. The molecule has 4 aliphatic heterocycles. The number of hydrogen-bond donors (Lipinski definition) is 1. The molecule has 5 aromatic rings. The molecule has 9 rings (SSSR count). The molecular formula is C49H51N3O6Si. The normalized spacial score (nSPS) is 23.6. The first kappa shape index (κ1) is 38.9. The number of aliphatic hydroxyl groups excluding tert-OH is 1. The number of rotatable bonds is 9. The minimum Gasteiger partial charge on any atom is -0.497 e. The third kappa shape index (κ3) is 6.49. The van der Waals surface area contributed by atoms with Gasteiger partial charge in [-0.1, -0.05) is 110 Å². The summed E-state index contributed by atoms with van der Waals surface area (Å²) in [5, 5.41) is 11.7. The highest BCUT2D eigenvalue weighted by Crippen LogP contribution is 2.60. The Kier molecular flexibility index (Phi) is 10.1. The van der Waals surface area contributed by atoms with Gasteiger partial charge in [-0.05, 0) is 77.0 Å². The molecule has 0 aliphatic carbocycles. The Hall–Kier alpha value is -5.55. The van der Waals surface area contributed by atoms with Crippen molar-refractivity contribution < 1.29 is 29.0 Å². The van der Waals surface area contributed by atoms with E-state index in [9.17, 15) is 14.7 Å². The van der Waals surface area contributed by atoms with Crippen LogP contribution in [0.3, 0.4) is 0 Å². The maximum absolute atomic E-state index is 15.4. The second kappa shape index (κ2) is 15.2. The van der Waals surface area contributed by atoms with Crippen LogP contribution >= 0.6 is 0 Å². The van der Waals surface area contributed by atoms with E-state index in [1.807, 2.05) is 101 Å². The highest BCUT2D eigenvalue weighted by molar-refractivity contribution is 6.91. The van der Waals surface area contributed by atoms with E-state index in [1.165, 1.54) is 5.19 Å². The van der Waals surface area contributed by atoms with Crippen LogP contribution in [0.5, 0.6) is 5.75 Å². The molecule has 59 heavy (non-hydrogen) atoms. The third-order valence-corrected chi connectivity index (χ3v) is 18.0. The van der Waals surface area contributed by atoms with Crippen LogP contribution in [-0.4, -0.2) is 61.7 Å². The average Bonchev–Trinajstić information content (AvgIpc) is 3.69. The van der Waals surface area contributed by atoms with Crippen LogP contribution in [0.4, 0.5) is 17.1 Å². The number of carbonyl (C=O) groups excluding carboxylic acids is 3. The fraction of sp³-hybridized carbons (Fsp3) is 0.327. The molecular weight excluding hydrogens is 755 g/mol. The molecule has 302 valence electrons. The average molecular weight is 806 g/mol. The van der Waals surface area contributed by atoms with Crippen LogP contribution in [0, 0.1) is 5.92 Å². The predicted octanol–water partition coefficient (Wildman–Crippen LogP) is 7.40. The lowest BCUT2D eigenvalue weighted by molar-refractivity contribution is -0.151. The maximum atomic E-state index is 15.4. The minimum atomic E-state index is -2.51. The summed E-state index contributed by atoms with van der Waals surface area (Å²) in [6.07, 6.45) is 1.31. The monoisotopic (exact) mass is 805 g/mol. The number of nitrogens with zero attached hydrogens (tertiary/aromatic N) is 3. The molecule has 5 aromatic carbocycles. The number of aliphatic hydroxyl groups is 1. The van der Waals surface area contributed by atoms with Gasteiger partial charge in [0, 0.05) is 30.1 Å². The van der Waals surface area contributed by atoms with E-state index in [0.717, 1.165) is 57.0 Å². The van der Waals surface area contributed by atoms with Crippen molar-refractivity contribution in [3.63, 3.8) is 0 Å². The van der Waals surface area contributed by atoms with E-state index >= 15 is 4.79 Å². The number of anilines is 3. The van der Waals surface area contributed by atoms with Gasteiger partial charge in [-0.15, -0.1) is 0 Å². The van der Waals surface area contributed by atoms with E-state index in [2.05, 4.69) is 50.3 Å². The standard InChI is InChI=1S/C49H51N3O6Si/c1-32-47(59(3,4)40-24-22-39(57-2)23-25-40)44(28-46(55)50-30-36-13-6-5-12-35(36)27-38(50)31-53)58-49(32)41-14-8-10-16-43(41)51(48(49)56)29-33-17-20-37(21-18-33)52-42-15-9-7-11-34(42)19-26-45(52)54/h5-18,20-25,32,38,44,47,53H,19,26-31H2,1-4H3/t32-,38+,44+,47-,49+/m1/s1. The van der Waals surface area contributed by atoms with Crippen LogP contribution in [-0.2, 0) is 50.7 Å². The van der Waals surface area contributed by atoms with Crippen molar-refractivity contribution in [1.82, 2.24) is 4.90 Å². The van der Waals surface area contributed by atoms with Crippen LogP contribution < -0.4 is 19.7 Å². The Bertz CT molecular complexity index is 2420. The molecule has 3 amide bonds. The molecule has 0 unspecified atom stereocenters. The topological polar surface area (TPSA) is 99.6 Å². The van der Waals surface area contributed by atoms with E-state index in [0.29, 0.717) is 25.9 Å². The number of fused-ring (bicyclic) bond motifs is 4. The van der Waals surface area contributed by atoms with Crippen molar-refractivity contribution in [3.05, 3.63) is 149 Å². The first-order valence-corrected chi connectivity index (χ1v) is 23.8. The van der Waals surface area contributed by atoms with E-state index in [1.54, 1.807) is 12.0 Å². The number of benzene rings is 5. The van der Waals surface area contributed by atoms with Crippen LogP contribution in [0.25, 0.3) is 0 Å². The lowest BCUT2D eigenvalue weighted by atomic mass is 9.82. The highest BCUT2D eigenvalue weighted by Gasteiger charge is 2.66. The number of carbonyl (C=O) groups is 3. The Morgan fingerprint density at radius 2 is 1.49 bits per heavy atom. The van der Waals surface area contributed by atoms with Gasteiger partial charge in [0.05, 0.1) is 58.3 Å². The largest absolute Gasteiger partial charge is 0.497 e. The van der Waals surface area contributed by atoms with Gasteiger partial charge in [0.1, 0.15) is 5.75 Å². The van der Waals surface area contributed by atoms with E-state index in [-0.39, 0.29) is 48.3 Å². The number of methoxy groups -OCH3 is 1. The summed E-state index contributed by atoms with van der Waals surface area (Å²) in [6, 6.07) is 39.9. The van der Waals surface area contributed by atoms with Crippen molar-refractivity contribution in [2.75, 3.05) is 23.5 Å². The van der Waals surface area contributed by atoms with Crippen molar-refractivity contribution in [2.45, 2.75) is 82.1 Å². The zero-order valence-electron chi connectivity index (χ0n) is 34.1. The highest BCUT2D eigenvalue weighted by atomic mass is 28.3. The van der Waals surface area contributed by atoms with Crippen molar-refractivity contribution in [3.8, 4) is 5.75 Å². The summed E-state index contributed by atoms with van der Waals surface area (Å²) in [7, 11) is -0.846. The second-order valence-electron chi connectivity index (χ2n) is 17.1. The van der Waals surface area contributed by atoms with Crippen molar-refractivity contribution in [1.29, 1.82) is 0 Å². The summed E-state index contributed by atoms with van der Waals surface area (Å²) in [6.45, 7) is 7.38. The summed E-state index contributed by atoms with van der Waals surface area (Å²) in [5.74, 6) is 0.354. The summed E-state index contributed by atoms with van der Waals surface area (Å²) in [4.78, 5) is 48.6. The second-order valence-corrected chi connectivity index (χ2v) is 21.8. The fourth-order valence-electron chi connectivity index (χ4n) is 10.6. The van der Waals surface area contributed by atoms with Gasteiger partial charge in [0.15, 0.2) is 5.60 Å². The molecule has 10 heteroatoms. The summed E-state index contributed by atoms with van der Waals surface area (Å²) in [5.41, 5.74) is 6.22. The number of para-hydroxylation sites is 2. The maximum Gasteiger partial charge on any atom is 0.264 e. The van der Waals surface area contributed by atoms with Crippen LogP contribution in [0.1, 0.15) is 47.6 Å². The molecule has 5 atom stereocenters. The molecule has 4 heterocycles. The molecule has 9 nitrogen and oxygen atoms in total. The summed E-state index contributed by atoms with van der Waals surface area (Å²) < 4.78 is 12.8. The Morgan fingerprint density at radius 1 is 0.831 bits per heavy atom. The molecule has 0 radical (unpaired) electrons. The molecule has 4 aliphatic rings. The van der Waals surface area contributed by atoms with Crippen LogP contribution in [0.15, 0.2) is 121 Å².